The second kappa shape index (κ2) is 6.74. The van der Waals surface area contributed by atoms with Crippen LogP contribution in [0.5, 0.6) is 0 Å². The summed E-state index contributed by atoms with van der Waals surface area (Å²) in [7, 11) is 0. The summed E-state index contributed by atoms with van der Waals surface area (Å²) in [4.78, 5) is 1.40. The highest BCUT2D eigenvalue weighted by atomic mass is 32.1. The minimum atomic E-state index is -0.622. The number of tetrazole rings is 1. The number of rotatable bonds is 7. The molecule has 2 rings (SSSR count). The topological polar surface area (TPSA) is 73.1 Å². The number of hydrogen-bond acceptors (Lipinski definition) is 6. The van der Waals surface area contributed by atoms with Gasteiger partial charge in [-0.1, -0.05) is 13.8 Å². The largest absolute Gasteiger partial charge is 0.389 e. The normalized spacial score (nSPS) is 13.1. The minimum Gasteiger partial charge on any atom is -0.389 e. The average molecular weight is 282 g/mol. The fourth-order valence-electron chi connectivity index (χ4n) is 1.51. The van der Waals surface area contributed by atoms with Gasteiger partial charge in [0.2, 0.25) is 5.82 Å². The van der Waals surface area contributed by atoms with E-state index in [1.807, 2.05) is 16.8 Å². The van der Waals surface area contributed by atoms with Crippen molar-refractivity contribution < 1.29 is 9.84 Å². The molecule has 0 aromatic carbocycles. The van der Waals surface area contributed by atoms with Crippen LogP contribution in [0.3, 0.4) is 0 Å². The standard InChI is InChI=1S/C12H18N4O2S/c1-9(2)6-18-7-11(17)5-16-14-12(13-15-16)10-3-4-19-8-10/h3-4,8-9,11,17H,5-7H2,1-2H3/t11-/m1/s1. The molecule has 0 saturated carbocycles. The fraction of sp³-hybridized carbons (Fsp3) is 0.583. The van der Waals surface area contributed by atoms with Crippen molar-refractivity contribution in [1.82, 2.24) is 20.2 Å². The molecule has 2 aromatic heterocycles. The zero-order valence-electron chi connectivity index (χ0n) is 11.1. The summed E-state index contributed by atoms with van der Waals surface area (Å²) in [5.74, 6) is 1.04. The van der Waals surface area contributed by atoms with Crippen molar-refractivity contribution in [3.05, 3.63) is 16.8 Å². The number of nitrogens with zero attached hydrogens (tertiary/aromatic N) is 4. The number of ether oxygens (including phenoxy) is 1. The highest BCUT2D eigenvalue weighted by Gasteiger charge is 2.11. The van der Waals surface area contributed by atoms with Crippen LogP contribution in [0.25, 0.3) is 11.4 Å². The molecule has 0 bridgehead atoms. The van der Waals surface area contributed by atoms with Crippen molar-refractivity contribution >= 4 is 11.3 Å². The zero-order chi connectivity index (χ0) is 13.7. The Morgan fingerprint density at radius 3 is 2.95 bits per heavy atom. The van der Waals surface area contributed by atoms with E-state index >= 15 is 0 Å². The van der Waals surface area contributed by atoms with E-state index in [1.165, 1.54) is 4.80 Å². The van der Waals surface area contributed by atoms with Crippen LogP contribution in [0.4, 0.5) is 0 Å². The van der Waals surface area contributed by atoms with Gasteiger partial charge in [0.1, 0.15) is 0 Å². The molecule has 2 aromatic rings. The molecule has 104 valence electrons. The molecule has 0 amide bonds. The summed E-state index contributed by atoms with van der Waals surface area (Å²) in [6.07, 6.45) is -0.622. The van der Waals surface area contributed by atoms with Gasteiger partial charge in [-0.2, -0.15) is 16.1 Å². The van der Waals surface area contributed by atoms with Crippen molar-refractivity contribution in [2.75, 3.05) is 13.2 Å². The zero-order valence-corrected chi connectivity index (χ0v) is 11.9. The first kappa shape index (κ1) is 14.1. The Hall–Kier alpha value is -1.31. The molecule has 0 aliphatic carbocycles. The van der Waals surface area contributed by atoms with Gasteiger partial charge in [0.05, 0.1) is 19.3 Å². The monoisotopic (exact) mass is 282 g/mol. The lowest BCUT2D eigenvalue weighted by Crippen LogP contribution is -2.24. The van der Waals surface area contributed by atoms with E-state index in [2.05, 4.69) is 29.3 Å². The van der Waals surface area contributed by atoms with Crippen LogP contribution in [-0.2, 0) is 11.3 Å². The average Bonchev–Trinajstić information content (AvgIpc) is 2.97. The molecule has 1 N–H and O–H groups in total. The van der Waals surface area contributed by atoms with Gasteiger partial charge in [0.15, 0.2) is 0 Å². The Morgan fingerprint density at radius 2 is 2.26 bits per heavy atom. The van der Waals surface area contributed by atoms with Crippen LogP contribution in [0.15, 0.2) is 16.8 Å². The second-order valence-electron chi connectivity index (χ2n) is 4.77. The lowest BCUT2D eigenvalue weighted by molar-refractivity contribution is 0.0144. The Bertz CT molecular complexity index is 484. The summed E-state index contributed by atoms with van der Waals surface area (Å²) in [5.41, 5.74) is 0.946. The molecule has 7 heteroatoms. The molecule has 19 heavy (non-hydrogen) atoms. The van der Waals surface area contributed by atoms with Crippen molar-refractivity contribution in [3.8, 4) is 11.4 Å². The van der Waals surface area contributed by atoms with E-state index in [9.17, 15) is 5.11 Å². The van der Waals surface area contributed by atoms with Crippen LogP contribution in [-0.4, -0.2) is 44.6 Å². The third-order valence-corrected chi connectivity index (χ3v) is 3.05. The highest BCUT2D eigenvalue weighted by molar-refractivity contribution is 7.08. The molecular weight excluding hydrogens is 264 g/mol. The molecule has 0 unspecified atom stereocenters. The molecule has 0 aliphatic rings. The van der Waals surface area contributed by atoms with Crippen LogP contribution < -0.4 is 0 Å². The van der Waals surface area contributed by atoms with Gasteiger partial charge in [0, 0.05) is 17.6 Å². The molecule has 0 spiro atoms. The summed E-state index contributed by atoms with van der Waals surface area (Å²) in [6, 6.07) is 1.94. The SMILES string of the molecule is CC(C)COC[C@H](O)Cn1nnc(-c2ccsc2)n1. The maximum Gasteiger partial charge on any atom is 0.205 e. The third-order valence-electron chi connectivity index (χ3n) is 2.37. The smallest absolute Gasteiger partial charge is 0.205 e. The first-order chi connectivity index (χ1) is 9.15. The van der Waals surface area contributed by atoms with Crippen LogP contribution >= 0.6 is 11.3 Å². The quantitative estimate of drug-likeness (QED) is 0.831. The number of thiophene rings is 1. The summed E-state index contributed by atoms with van der Waals surface area (Å²) in [6.45, 7) is 5.35. The molecule has 1 atom stereocenters. The van der Waals surface area contributed by atoms with E-state index in [-0.39, 0.29) is 13.2 Å². The van der Waals surface area contributed by atoms with E-state index in [0.29, 0.717) is 18.3 Å². The summed E-state index contributed by atoms with van der Waals surface area (Å²) < 4.78 is 5.37. The lowest BCUT2D eigenvalue weighted by atomic mass is 10.2. The van der Waals surface area contributed by atoms with Crippen molar-refractivity contribution in [2.24, 2.45) is 5.92 Å². The Balaban J connectivity index is 1.83. The predicted molar refractivity (Wildman–Crippen MR) is 72.8 cm³/mol. The third kappa shape index (κ3) is 4.38. The predicted octanol–water partition coefficient (Wildman–Crippen LogP) is 1.44. The van der Waals surface area contributed by atoms with Crippen LogP contribution in [0.1, 0.15) is 13.8 Å². The Kier molecular flexibility index (Phi) is 5.00. The van der Waals surface area contributed by atoms with E-state index < -0.39 is 6.10 Å². The van der Waals surface area contributed by atoms with Crippen LogP contribution in [0.2, 0.25) is 0 Å². The Morgan fingerprint density at radius 1 is 1.42 bits per heavy atom. The number of aromatic nitrogens is 4. The minimum absolute atomic E-state index is 0.285. The molecule has 2 heterocycles. The number of hydrogen-bond donors (Lipinski definition) is 1. The van der Waals surface area contributed by atoms with Gasteiger partial charge in [-0.05, 0) is 22.6 Å². The first-order valence-electron chi connectivity index (χ1n) is 6.21. The van der Waals surface area contributed by atoms with E-state index in [4.69, 9.17) is 4.74 Å². The van der Waals surface area contributed by atoms with Gasteiger partial charge in [-0.15, -0.1) is 10.2 Å². The van der Waals surface area contributed by atoms with Gasteiger partial charge in [-0.3, -0.25) is 0 Å². The maximum atomic E-state index is 9.80. The molecule has 0 radical (unpaired) electrons. The Labute approximate surface area is 116 Å². The van der Waals surface area contributed by atoms with E-state index in [0.717, 1.165) is 5.56 Å². The summed E-state index contributed by atoms with van der Waals surface area (Å²) >= 11 is 1.58. The summed E-state index contributed by atoms with van der Waals surface area (Å²) in [5, 5.41) is 25.8. The first-order valence-corrected chi connectivity index (χ1v) is 7.15. The van der Waals surface area contributed by atoms with E-state index in [1.54, 1.807) is 11.3 Å². The molecule has 0 saturated heterocycles. The lowest BCUT2D eigenvalue weighted by Gasteiger charge is -2.11. The highest BCUT2D eigenvalue weighted by Crippen LogP contribution is 2.16. The molecule has 0 fully saturated rings. The van der Waals surface area contributed by atoms with Crippen molar-refractivity contribution in [2.45, 2.75) is 26.5 Å². The molecular formula is C12H18N4O2S. The maximum absolute atomic E-state index is 9.80. The van der Waals surface area contributed by atoms with Gasteiger partial charge >= 0.3 is 0 Å². The number of aliphatic hydroxyl groups is 1. The number of aliphatic hydroxyl groups excluding tert-OH is 1. The van der Waals surface area contributed by atoms with Crippen molar-refractivity contribution in [1.29, 1.82) is 0 Å². The fourth-order valence-corrected chi connectivity index (χ4v) is 2.14. The van der Waals surface area contributed by atoms with Gasteiger partial charge in [-0.25, -0.2) is 0 Å². The molecule has 0 aliphatic heterocycles. The second-order valence-corrected chi connectivity index (χ2v) is 5.55. The molecule has 6 nitrogen and oxygen atoms in total. The van der Waals surface area contributed by atoms with Gasteiger partial charge in [0.25, 0.3) is 0 Å². The van der Waals surface area contributed by atoms with Crippen molar-refractivity contribution in [3.63, 3.8) is 0 Å². The van der Waals surface area contributed by atoms with Crippen LogP contribution in [0, 0.1) is 5.92 Å². The van der Waals surface area contributed by atoms with Gasteiger partial charge < -0.3 is 9.84 Å².